The molecule has 0 saturated carbocycles. The van der Waals surface area contributed by atoms with Crippen LogP contribution in [0.5, 0.6) is 5.75 Å². The molecule has 2 aliphatic rings. The molecule has 2 saturated heterocycles. The highest BCUT2D eigenvalue weighted by Crippen LogP contribution is 2.28. The summed E-state index contributed by atoms with van der Waals surface area (Å²) >= 11 is 6.22. The van der Waals surface area contributed by atoms with Gasteiger partial charge < -0.3 is 14.5 Å². The van der Waals surface area contributed by atoms with Crippen LogP contribution in [0.15, 0.2) is 18.2 Å². The number of carbonyl (C=O) groups excluding carboxylic acids is 1. The van der Waals surface area contributed by atoms with Gasteiger partial charge in [0.1, 0.15) is 5.75 Å². The molecule has 1 aromatic rings. The van der Waals surface area contributed by atoms with E-state index in [4.69, 9.17) is 16.3 Å². The van der Waals surface area contributed by atoms with Crippen molar-refractivity contribution in [2.75, 3.05) is 33.3 Å². The Labute approximate surface area is 174 Å². The molecular weight excluding hydrogens is 383 g/mol. The molecule has 0 bridgehead atoms. The van der Waals surface area contributed by atoms with Crippen LogP contribution >= 0.6 is 24.0 Å². The first kappa shape index (κ1) is 22.3. The lowest BCUT2D eigenvalue weighted by molar-refractivity contribution is 0.0584. The molecule has 1 atom stereocenters. The normalized spacial score (nSPS) is 21.3. The Morgan fingerprint density at radius 3 is 2.48 bits per heavy atom. The Kier molecular flexibility index (Phi) is 9.20. The van der Waals surface area contributed by atoms with E-state index in [1.165, 1.54) is 45.2 Å². The van der Waals surface area contributed by atoms with Gasteiger partial charge in [-0.15, -0.1) is 12.4 Å². The first-order chi connectivity index (χ1) is 12.7. The van der Waals surface area contributed by atoms with Gasteiger partial charge in [-0.1, -0.05) is 24.4 Å². The number of hydrogen-bond donors (Lipinski definition) is 0. The van der Waals surface area contributed by atoms with E-state index in [0.717, 1.165) is 32.4 Å². The predicted molar refractivity (Wildman–Crippen MR) is 113 cm³/mol. The molecule has 0 spiro atoms. The van der Waals surface area contributed by atoms with Crippen molar-refractivity contribution in [3.63, 3.8) is 0 Å². The van der Waals surface area contributed by atoms with Crippen molar-refractivity contribution in [3.05, 3.63) is 28.8 Å². The predicted octanol–water partition coefficient (Wildman–Crippen LogP) is 5.03. The monoisotopic (exact) mass is 414 g/mol. The molecule has 0 radical (unpaired) electrons. The van der Waals surface area contributed by atoms with Crippen LogP contribution in [0.1, 0.15) is 61.7 Å². The number of amides is 1. The minimum Gasteiger partial charge on any atom is -0.495 e. The minimum absolute atomic E-state index is 0. The molecule has 0 aromatic heterocycles. The van der Waals surface area contributed by atoms with Gasteiger partial charge in [0.2, 0.25) is 0 Å². The van der Waals surface area contributed by atoms with E-state index in [9.17, 15) is 4.79 Å². The molecule has 1 amide bonds. The highest BCUT2D eigenvalue weighted by atomic mass is 35.5. The van der Waals surface area contributed by atoms with Crippen LogP contribution in [-0.4, -0.2) is 55.0 Å². The number of benzene rings is 1. The van der Waals surface area contributed by atoms with E-state index in [1.54, 1.807) is 19.2 Å². The SMILES string of the molecule is COc1ccc(C(=O)N2CCCCC2CCN2CCCCCC2)cc1Cl.Cl. The molecule has 4 nitrogen and oxygen atoms in total. The number of ether oxygens (including phenoxy) is 1. The van der Waals surface area contributed by atoms with Crippen LogP contribution < -0.4 is 4.74 Å². The van der Waals surface area contributed by atoms with Crippen molar-refractivity contribution < 1.29 is 9.53 Å². The van der Waals surface area contributed by atoms with Gasteiger partial charge in [-0.05, 0) is 69.8 Å². The van der Waals surface area contributed by atoms with E-state index < -0.39 is 0 Å². The van der Waals surface area contributed by atoms with Crippen molar-refractivity contribution in [2.24, 2.45) is 0 Å². The number of methoxy groups -OCH3 is 1. The quantitative estimate of drug-likeness (QED) is 0.676. The molecule has 1 unspecified atom stereocenters. The first-order valence-corrected chi connectivity index (χ1v) is 10.4. The smallest absolute Gasteiger partial charge is 0.254 e. The molecule has 2 aliphatic heterocycles. The van der Waals surface area contributed by atoms with Crippen LogP contribution in [0.25, 0.3) is 0 Å². The van der Waals surface area contributed by atoms with Gasteiger partial charge in [0.05, 0.1) is 12.1 Å². The Bertz CT molecular complexity index is 604. The minimum atomic E-state index is 0. The lowest BCUT2D eigenvalue weighted by Gasteiger charge is -2.37. The van der Waals surface area contributed by atoms with E-state index >= 15 is 0 Å². The topological polar surface area (TPSA) is 32.8 Å². The van der Waals surface area contributed by atoms with Crippen LogP contribution in [-0.2, 0) is 0 Å². The molecule has 2 fully saturated rings. The van der Waals surface area contributed by atoms with Gasteiger partial charge in [-0.3, -0.25) is 4.79 Å². The van der Waals surface area contributed by atoms with Crippen LogP contribution in [0, 0.1) is 0 Å². The fraction of sp³-hybridized carbons (Fsp3) is 0.667. The zero-order chi connectivity index (χ0) is 18.4. The van der Waals surface area contributed by atoms with Crippen LogP contribution in [0.2, 0.25) is 5.02 Å². The molecule has 27 heavy (non-hydrogen) atoms. The Morgan fingerprint density at radius 1 is 1.11 bits per heavy atom. The van der Waals surface area contributed by atoms with Gasteiger partial charge >= 0.3 is 0 Å². The van der Waals surface area contributed by atoms with Crippen LogP contribution in [0.4, 0.5) is 0 Å². The average molecular weight is 415 g/mol. The van der Waals surface area contributed by atoms with Gasteiger partial charge in [0, 0.05) is 24.7 Å². The first-order valence-electron chi connectivity index (χ1n) is 10.1. The second-order valence-corrected chi connectivity index (χ2v) is 7.95. The van der Waals surface area contributed by atoms with Crippen molar-refractivity contribution >= 4 is 29.9 Å². The van der Waals surface area contributed by atoms with Crippen molar-refractivity contribution in [1.29, 1.82) is 0 Å². The second kappa shape index (κ2) is 11.1. The third-order valence-corrected chi connectivity index (χ3v) is 6.06. The summed E-state index contributed by atoms with van der Waals surface area (Å²) in [4.78, 5) is 17.8. The molecule has 152 valence electrons. The van der Waals surface area contributed by atoms with Gasteiger partial charge in [-0.2, -0.15) is 0 Å². The maximum Gasteiger partial charge on any atom is 0.254 e. The maximum absolute atomic E-state index is 13.1. The summed E-state index contributed by atoms with van der Waals surface area (Å²) in [7, 11) is 1.59. The van der Waals surface area contributed by atoms with Gasteiger partial charge in [0.15, 0.2) is 0 Å². The summed E-state index contributed by atoms with van der Waals surface area (Å²) in [5.74, 6) is 0.717. The average Bonchev–Trinajstić information content (AvgIpc) is 2.95. The fourth-order valence-corrected chi connectivity index (χ4v) is 4.48. The molecule has 1 aromatic carbocycles. The largest absolute Gasteiger partial charge is 0.495 e. The second-order valence-electron chi connectivity index (χ2n) is 7.54. The van der Waals surface area contributed by atoms with Gasteiger partial charge in [0.25, 0.3) is 5.91 Å². The number of hydrogen-bond acceptors (Lipinski definition) is 3. The molecule has 3 rings (SSSR count). The molecule has 6 heteroatoms. The number of nitrogens with zero attached hydrogens (tertiary/aromatic N) is 2. The Morgan fingerprint density at radius 2 is 1.81 bits per heavy atom. The number of piperidine rings is 1. The standard InChI is InChI=1S/C21H31ClN2O2.ClH/c1-26-20-10-9-17(16-19(20)22)21(25)24-14-7-4-8-18(24)11-15-23-12-5-2-3-6-13-23;/h9-10,16,18H,2-8,11-15H2,1H3;1H. The summed E-state index contributed by atoms with van der Waals surface area (Å²) in [5, 5.41) is 0.497. The maximum atomic E-state index is 13.1. The highest BCUT2D eigenvalue weighted by molar-refractivity contribution is 6.32. The van der Waals surface area contributed by atoms with Crippen molar-refractivity contribution in [3.8, 4) is 5.75 Å². The summed E-state index contributed by atoms with van der Waals surface area (Å²) in [6.45, 7) is 4.40. The summed E-state index contributed by atoms with van der Waals surface area (Å²) in [5.41, 5.74) is 0.664. The van der Waals surface area contributed by atoms with E-state index in [1.807, 2.05) is 6.07 Å². The zero-order valence-corrected chi connectivity index (χ0v) is 17.9. The number of likely N-dealkylation sites (tertiary alicyclic amines) is 2. The number of halogens is 2. The molecule has 0 aliphatic carbocycles. The van der Waals surface area contributed by atoms with Crippen molar-refractivity contribution in [2.45, 2.75) is 57.4 Å². The zero-order valence-electron chi connectivity index (χ0n) is 16.3. The molecule has 0 N–H and O–H groups in total. The van der Waals surface area contributed by atoms with E-state index in [0.29, 0.717) is 22.4 Å². The molecular formula is C21H32Cl2N2O2. The lowest BCUT2D eigenvalue weighted by atomic mass is 9.97. The third-order valence-electron chi connectivity index (χ3n) is 5.76. The Hall–Kier alpha value is -0.970. The highest BCUT2D eigenvalue weighted by Gasteiger charge is 2.28. The number of carbonyl (C=O) groups is 1. The number of rotatable bonds is 5. The molecule has 2 heterocycles. The van der Waals surface area contributed by atoms with Crippen molar-refractivity contribution in [1.82, 2.24) is 9.80 Å². The van der Waals surface area contributed by atoms with E-state index in [2.05, 4.69) is 9.80 Å². The fourth-order valence-electron chi connectivity index (χ4n) is 4.22. The van der Waals surface area contributed by atoms with Crippen LogP contribution in [0.3, 0.4) is 0 Å². The third kappa shape index (κ3) is 6.00. The summed E-state index contributed by atoms with van der Waals surface area (Å²) in [6.07, 6.45) is 9.87. The summed E-state index contributed by atoms with van der Waals surface area (Å²) < 4.78 is 5.20. The summed E-state index contributed by atoms with van der Waals surface area (Å²) in [6, 6.07) is 5.70. The Balaban J connectivity index is 0.00000261. The lowest BCUT2D eigenvalue weighted by Crippen LogP contribution is -2.45. The van der Waals surface area contributed by atoms with E-state index in [-0.39, 0.29) is 18.3 Å². The van der Waals surface area contributed by atoms with Gasteiger partial charge in [-0.25, -0.2) is 0 Å².